The van der Waals surface area contributed by atoms with Crippen LogP contribution in [0.3, 0.4) is 0 Å². The molecule has 68 heavy (non-hydrogen) atoms. The molecule has 3 aliphatic rings. The normalized spacial score (nSPS) is 22.3. The zero-order valence-electron chi connectivity index (χ0n) is 39.8. The summed E-state index contributed by atoms with van der Waals surface area (Å²) < 4.78 is 47.6. The highest BCUT2D eigenvalue weighted by Crippen LogP contribution is 2.62. The molecule has 0 saturated heterocycles. The number of carbonyl (C=O) groups excluding carboxylic acids is 1. The minimum atomic E-state index is -1.54. The minimum absolute atomic E-state index is 0.00209. The molecule has 4 aromatic carbocycles. The zero-order chi connectivity index (χ0) is 48.1. The molecule has 0 radical (unpaired) electrons. The second-order valence-electron chi connectivity index (χ2n) is 18.7. The van der Waals surface area contributed by atoms with Crippen molar-refractivity contribution in [2.24, 2.45) is 22.9 Å². The molecule has 13 heteroatoms. The summed E-state index contributed by atoms with van der Waals surface area (Å²) in [6.07, 6.45) is 9.98. The summed E-state index contributed by atoms with van der Waals surface area (Å²) in [5.74, 6) is -0.812. The van der Waals surface area contributed by atoms with Crippen molar-refractivity contribution in [2.45, 2.75) is 107 Å². The van der Waals surface area contributed by atoms with E-state index in [0.717, 1.165) is 47.3 Å². The van der Waals surface area contributed by atoms with Crippen LogP contribution >= 0.6 is 11.8 Å². The molecule has 7 rings (SSSR count). The lowest BCUT2D eigenvalue weighted by molar-refractivity contribution is -0.256. The summed E-state index contributed by atoms with van der Waals surface area (Å²) >= 11 is 1.66. The summed E-state index contributed by atoms with van der Waals surface area (Å²) in [4.78, 5) is 24.0. The lowest BCUT2D eigenvalue weighted by Gasteiger charge is -2.60. The number of hydrogen-bond donors (Lipinski definition) is 2. The van der Waals surface area contributed by atoms with Gasteiger partial charge in [0.15, 0.2) is 0 Å². The first-order valence-electron chi connectivity index (χ1n) is 23.8. The molecule has 1 fully saturated rings. The average molecular weight is 951 g/mol. The van der Waals surface area contributed by atoms with Crippen molar-refractivity contribution in [2.75, 3.05) is 39.3 Å². The molecule has 2 aliphatic carbocycles. The van der Waals surface area contributed by atoms with E-state index in [4.69, 9.17) is 33.7 Å². The van der Waals surface area contributed by atoms with Gasteiger partial charge in [-0.15, -0.1) is 18.3 Å². The van der Waals surface area contributed by atoms with E-state index in [9.17, 15) is 19.4 Å². The minimum Gasteiger partial charge on any atom is -0.459 e. The van der Waals surface area contributed by atoms with Crippen LogP contribution in [0.2, 0.25) is 0 Å². The van der Waals surface area contributed by atoms with Crippen LogP contribution in [0.1, 0.15) is 88.3 Å². The predicted molar refractivity (Wildman–Crippen MR) is 263 cm³/mol. The van der Waals surface area contributed by atoms with Gasteiger partial charge in [0.25, 0.3) is 0 Å². The zero-order valence-corrected chi connectivity index (χ0v) is 40.6. The molecule has 1 amide bonds. The second kappa shape index (κ2) is 23.9. The van der Waals surface area contributed by atoms with Gasteiger partial charge in [-0.3, -0.25) is 4.90 Å². The third kappa shape index (κ3) is 12.5. The molecule has 0 aromatic heterocycles. The van der Waals surface area contributed by atoms with Gasteiger partial charge < -0.3 is 38.7 Å². The third-order valence-corrected chi connectivity index (χ3v) is 13.6. The largest absolute Gasteiger partial charge is 0.459 e. The number of oxime groups is 1. The van der Waals surface area contributed by atoms with Crippen LogP contribution in [0.15, 0.2) is 131 Å². The SMILES string of the molecule is C=CCOC12Oc3ccc(Oc4ccc(SC)cc4)cc3C3C(CCCCO)C(CCCCO)C=C(C(=NOC(C)(C)C)CC1N(Cc1ccc(F)cc1)C(=O)OCCOCc1ccccc1)C32. The number of thioether (sulfide) groups is 1. The lowest BCUT2D eigenvalue weighted by Crippen LogP contribution is -2.70. The van der Waals surface area contributed by atoms with Crippen LogP contribution in [0.4, 0.5) is 9.18 Å². The number of aliphatic hydroxyl groups is 2. The lowest BCUT2D eigenvalue weighted by atomic mass is 9.55. The number of fused-ring (bicyclic) bond motifs is 2. The highest BCUT2D eigenvalue weighted by Gasteiger charge is 2.65. The number of allylic oxidation sites excluding steroid dienone is 1. The highest BCUT2D eigenvalue weighted by atomic mass is 32.2. The van der Waals surface area contributed by atoms with Crippen LogP contribution in [0.5, 0.6) is 17.2 Å². The molecular weight excluding hydrogens is 884 g/mol. The molecule has 1 heterocycles. The average Bonchev–Trinajstić information content (AvgIpc) is 3.34. The summed E-state index contributed by atoms with van der Waals surface area (Å²) in [7, 11) is 0. The van der Waals surface area contributed by atoms with E-state index < -0.39 is 35.3 Å². The molecule has 0 spiro atoms. The molecule has 1 saturated carbocycles. The number of nitrogens with zero attached hydrogens (tertiary/aromatic N) is 2. The monoisotopic (exact) mass is 950 g/mol. The summed E-state index contributed by atoms with van der Waals surface area (Å²) in [5.41, 5.74) is 3.50. The van der Waals surface area contributed by atoms with Gasteiger partial charge in [0.2, 0.25) is 5.79 Å². The number of amides is 1. The van der Waals surface area contributed by atoms with Crippen LogP contribution in [0, 0.1) is 23.6 Å². The first kappa shape index (κ1) is 50.7. The van der Waals surface area contributed by atoms with Crippen molar-refractivity contribution < 1.29 is 47.9 Å². The molecule has 0 bridgehead atoms. The summed E-state index contributed by atoms with van der Waals surface area (Å²) in [6, 6.07) is 28.8. The van der Waals surface area contributed by atoms with E-state index in [2.05, 4.69) is 18.7 Å². The van der Waals surface area contributed by atoms with E-state index in [1.807, 2.05) is 93.8 Å². The fourth-order valence-corrected chi connectivity index (χ4v) is 10.2. The molecule has 1 aliphatic heterocycles. The third-order valence-electron chi connectivity index (χ3n) is 12.8. The molecular formula is C55H67FN2O9S. The van der Waals surface area contributed by atoms with Crippen molar-refractivity contribution in [1.29, 1.82) is 0 Å². The van der Waals surface area contributed by atoms with E-state index in [1.54, 1.807) is 34.9 Å². The van der Waals surface area contributed by atoms with Gasteiger partial charge in [0.1, 0.15) is 41.3 Å². The first-order chi connectivity index (χ1) is 33.0. The second-order valence-corrected chi connectivity index (χ2v) is 19.5. The molecule has 4 aromatic rings. The van der Waals surface area contributed by atoms with Crippen molar-refractivity contribution in [1.82, 2.24) is 4.90 Å². The standard InChI is InChI=1S/C55H67FN2O9S/c1-6-30-64-55-50(58(36-38-18-20-41(56)21-19-38)53(61)63-32-31-62-37-39-14-8-7-9-15-39)35-48(57-67-54(2,3)4)46-33-40(16-10-12-28-59)45(17-11-13-29-60)51(52(46)55)47-34-43(24-27-49(47)66-55)65-42-22-25-44(68-5)26-23-42/h6-9,14-15,18-27,33-34,40,45,50-52,59-60H,1,10-13,16-17,28-32,35-37H2,2-5H3. The van der Waals surface area contributed by atoms with Gasteiger partial charge in [-0.1, -0.05) is 72.6 Å². The number of unbranched alkanes of at least 4 members (excludes halogenated alkanes) is 2. The maximum Gasteiger partial charge on any atom is 0.410 e. The number of benzene rings is 4. The van der Waals surface area contributed by atoms with E-state index >= 15 is 0 Å². The van der Waals surface area contributed by atoms with Crippen molar-refractivity contribution in [3.8, 4) is 17.2 Å². The first-order valence-corrected chi connectivity index (χ1v) is 25.1. The van der Waals surface area contributed by atoms with Crippen LogP contribution in [-0.2, 0) is 32.2 Å². The maximum absolute atomic E-state index is 14.9. The Morgan fingerprint density at radius 3 is 2.34 bits per heavy atom. The highest BCUT2D eigenvalue weighted by molar-refractivity contribution is 7.98. The topological polar surface area (TPSA) is 129 Å². The van der Waals surface area contributed by atoms with Gasteiger partial charge >= 0.3 is 6.09 Å². The van der Waals surface area contributed by atoms with Gasteiger partial charge in [0, 0.05) is 42.6 Å². The number of halogens is 1. The number of hydrogen-bond acceptors (Lipinski definition) is 11. The number of ether oxygens (including phenoxy) is 5. The Morgan fingerprint density at radius 2 is 1.65 bits per heavy atom. The van der Waals surface area contributed by atoms with Gasteiger partial charge in [-0.2, -0.15) is 0 Å². The Balaban J connectivity index is 1.39. The Bertz CT molecular complexity index is 2320. The van der Waals surface area contributed by atoms with Gasteiger partial charge in [-0.05, 0) is 136 Å². The van der Waals surface area contributed by atoms with Crippen LogP contribution < -0.4 is 9.47 Å². The number of aliphatic hydroxyl groups excluding tert-OH is 2. The Kier molecular flexibility index (Phi) is 17.8. The fourth-order valence-electron chi connectivity index (χ4n) is 9.81. The van der Waals surface area contributed by atoms with Gasteiger partial charge in [-0.25, -0.2) is 9.18 Å². The smallest absolute Gasteiger partial charge is 0.410 e. The Hall–Kier alpha value is -5.18. The fraction of sp³-hybridized carbons (Fsp3) is 0.455. The van der Waals surface area contributed by atoms with Gasteiger partial charge in [0.05, 0.1) is 31.5 Å². The number of rotatable bonds is 23. The van der Waals surface area contributed by atoms with E-state index in [0.29, 0.717) is 48.0 Å². The molecule has 364 valence electrons. The summed E-state index contributed by atoms with van der Waals surface area (Å²) in [6.45, 7) is 10.6. The van der Waals surface area contributed by atoms with Crippen LogP contribution in [-0.4, -0.2) is 83.6 Å². The molecule has 11 nitrogen and oxygen atoms in total. The molecule has 2 N–H and O–H groups in total. The van der Waals surface area contributed by atoms with Crippen LogP contribution in [0.25, 0.3) is 0 Å². The summed E-state index contributed by atoms with van der Waals surface area (Å²) in [5, 5.41) is 25.0. The van der Waals surface area contributed by atoms with E-state index in [-0.39, 0.29) is 63.8 Å². The molecule has 6 atom stereocenters. The Labute approximate surface area is 405 Å². The van der Waals surface area contributed by atoms with Crippen molar-refractivity contribution in [3.63, 3.8) is 0 Å². The predicted octanol–water partition coefficient (Wildman–Crippen LogP) is 11.6. The van der Waals surface area contributed by atoms with E-state index in [1.165, 1.54) is 12.1 Å². The van der Waals surface area contributed by atoms with Crippen molar-refractivity contribution in [3.05, 3.63) is 144 Å². The maximum atomic E-state index is 14.9. The molecule has 6 unspecified atom stereocenters. The van der Waals surface area contributed by atoms with Crippen molar-refractivity contribution >= 4 is 23.6 Å². The number of carbonyl (C=O) groups is 1. The Morgan fingerprint density at radius 1 is 0.926 bits per heavy atom. The quantitative estimate of drug-likeness (QED) is 0.0321.